The first-order valence-electron chi connectivity index (χ1n) is 7.67. The van der Waals surface area contributed by atoms with Crippen LogP contribution in [0.5, 0.6) is 0 Å². The minimum atomic E-state index is -3.83. The van der Waals surface area contributed by atoms with Gasteiger partial charge in [0.1, 0.15) is 30.2 Å². The van der Waals surface area contributed by atoms with E-state index < -0.39 is 38.6 Å². The molecule has 0 spiro atoms. The summed E-state index contributed by atoms with van der Waals surface area (Å²) >= 11 is 5.07. The molecule has 1 aliphatic rings. The monoisotopic (exact) mass is 439 g/mol. The fourth-order valence-corrected chi connectivity index (χ4v) is 6.76. The third-order valence-electron chi connectivity index (χ3n) is 3.77. The maximum Gasteiger partial charge on any atom is 0.330 e. The van der Waals surface area contributed by atoms with Crippen LogP contribution < -0.4 is 5.73 Å². The van der Waals surface area contributed by atoms with Crippen LogP contribution in [0.25, 0.3) is 11.2 Å². The Labute approximate surface area is 159 Å². The molecule has 27 heavy (non-hydrogen) atoms. The zero-order valence-corrected chi connectivity index (χ0v) is 16.9. The van der Waals surface area contributed by atoms with Crippen molar-refractivity contribution >= 4 is 42.9 Å². The van der Waals surface area contributed by atoms with E-state index in [1.807, 2.05) is 0 Å². The maximum absolute atomic E-state index is 11.4. The second kappa shape index (κ2) is 7.43. The first-order chi connectivity index (χ1) is 12.5. The molecule has 3 rings (SSSR count). The van der Waals surface area contributed by atoms with Crippen LogP contribution in [0.4, 0.5) is 5.82 Å². The Morgan fingerprint density at radius 2 is 2.04 bits per heavy atom. The van der Waals surface area contributed by atoms with Gasteiger partial charge in [-0.15, -0.1) is 0 Å². The lowest BCUT2D eigenvalue weighted by Gasteiger charge is -2.22. The van der Waals surface area contributed by atoms with Crippen LogP contribution >= 0.6 is 14.1 Å². The molecule has 0 aromatic carbocycles. The molecular formula is C12H19N5O7P2S. The zero-order valence-electron chi connectivity index (χ0n) is 14.3. The van der Waals surface area contributed by atoms with Gasteiger partial charge in [-0.05, 0) is 11.8 Å². The fraction of sp³-hybridized carbons (Fsp3) is 0.583. The minimum absolute atomic E-state index is 0.170. The van der Waals surface area contributed by atoms with Crippen molar-refractivity contribution in [3.63, 3.8) is 0 Å². The van der Waals surface area contributed by atoms with Crippen LogP contribution in [0.2, 0.25) is 0 Å². The van der Waals surface area contributed by atoms with Crippen LogP contribution in [-0.2, 0) is 29.9 Å². The Morgan fingerprint density at radius 1 is 1.33 bits per heavy atom. The van der Waals surface area contributed by atoms with E-state index >= 15 is 0 Å². The Bertz CT molecular complexity index is 936. The van der Waals surface area contributed by atoms with Gasteiger partial charge in [0.15, 0.2) is 24.2 Å². The van der Waals surface area contributed by atoms with E-state index in [-0.39, 0.29) is 12.4 Å². The topological polar surface area (TPSA) is 175 Å². The highest BCUT2D eigenvalue weighted by Crippen LogP contribution is 2.58. The molecule has 0 aliphatic carbocycles. The molecule has 3 unspecified atom stereocenters. The lowest BCUT2D eigenvalue weighted by Crippen LogP contribution is -2.33. The van der Waals surface area contributed by atoms with Gasteiger partial charge in [0.05, 0.1) is 12.9 Å². The van der Waals surface area contributed by atoms with Crippen molar-refractivity contribution in [1.29, 1.82) is 0 Å². The molecule has 0 saturated carbocycles. The highest BCUT2D eigenvalue weighted by atomic mass is 32.5. The average molecular weight is 439 g/mol. The number of aliphatic hydroxyl groups is 2. The molecule has 1 aliphatic heterocycles. The number of anilines is 1. The molecule has 3 heterocycles. The van der Waals surface area contributed by atoms with E-state index in [0.29, 0.717) is 11.2 Å². The first kappa shape index (κ1) is 20.7. The summed E-state index contributed by atoms with van der Waals surface area (Å²) in [6.07, 6.45) is -1.95. The number of nitrogens with two attached hydrogens (primary N) is 1. The molecule has 12 nitrogen and oxygen atoms in total. The van der Waals surface area contributed by atoms with Gasteiger partial charge in [-0.2, -0.15) is 0 Å². The number of ether oxygens (including phenoxy) is 1. The molecule has 2 aromatic rings. The first-order valence-corrected chi connectivity index (χ1v) is 12.8. The Kier molecular flexibility index (Phi) is 5.70. The lowest BCUT2D eigenvalue weighted by atomic mass is 10.1. The van der Waals surface area contributed by atoms with Crippen molar-refractivity contribution in [3.05, 3.63) is 12.7 Å². The van der Waals surface area contributed by atoms with Crippen LogP contribution in [0.15, 0.2) is 12.7 Å². The minimum Gasteiger partial charge on any atom is -0.387 e. The number of rotatable bonds is 6. The second-order valence-corrected chi connectivity index (χ2v) is 12.1. The van der Waals surface area contributed by atoms with E-state index in [4.69, 9.17) is 31.1 Å². The van der Waals surface area contributed by atoms with Gasteiger partial charge in [0.25, 0.3) is 0 Å². The molecular weight excluding hydrogens is 420 g/mol. The molecule has 0 amide bonds. The molecule has 2 aromatic heterocycles. The predicted octanol–water partition coefficient (Wildman–Crippen LogP) is -0.185. The summed E-state index contributed by atoms with van der Waals surface area (Å²) in [7, 11) is -3.83. The highest BCUT2D eigenvalue weighted by Gasteiger charge is 2.45. The number of nitrogens with zero attached hydrogens (tertiary/aromatic N) is 4. The Hall–Kier alpha value is -1.01. The number of nitrogen functional groups attached to an aromatic ring is 1. The number of hydrogen-bond acceptors (Lipinski definition) is 11. The molecule has 1 fully saturated rings. The van der Waals surface area contributed by atoms with E-state index in [1.54, 1.807) is 0 Å². The van der Waals surface area contributed by atoms with Crippen molar-refractivity contribution in [1.82, 2.24) is 19.5 Å². The van der Waals surface area contributed by atoms with Gasteiger partial charge in [-0.3, -0.25) is 13.4 Å². The lowest BCUT2D eigenvalue weighted by molar-refractivity contribution is -0.0471. The van der Waals surface area contributed by atoms with E-state index in [9.17, 15) is 19.7 Å². The van der Waals surface area contributed by atoms with Crippen molar-refractivity contribution in [2.45, 2.75) is 24.5 Å². The number of hydrogen-bond donors (Lipinski definition) is 4. The van der Waals surface area contributed by atoms with Gasteiger partial charge in [-0.1, -0.05) is 0 Å². The van der Waals surface area contributed by atoms with E-state index in [1.165, 1.54) is 23.9 Å². The smallest absolute Gasteiger partial charge is 0.330 e. The van der Waals surface area contributed by atoms with Gasteiger partial charge >= 0.3 is 7.60 Å². The van der Waals surface area contributed by atoms with Gasteiger partial charge in [-0.25, -0.2) is 15.0 Å². The summed E-state index contributed by atoms with van der Waals surface area (Å²) in [6, 6.07) is 0. The molecule has 0 radical (unpaired) electrons. The van der Waals surface area contributed by atoms with Gasteiger partial charge in [0.2, 0.25) is 0 Å². The number of aliphatic hydroxyl groups excluding tert-OH is 2. The standard InChI is InChI=1S/C12H19N5O7P2S/c1-25(20,21)24-26(2,27)22-3-6-8(18)9(19)12(23-6)17-5-16-7-10(13)14-4-15-11(7)17/h4-6,8-9,12,18-19H,3H2,1-2H3,(H,20,21)(H2,13,14,15)/t6-,8?,9+,12-,26?/m1/s1. The van der Waals surface area contributed by atoms with Crippen LogP contribution in [0.1, 0.15) is 6.23 Å². The highest BCUT2D eigenvalue weighted by molar-refractivity contribution is 8.11. The van der Waals surface area contributed by atoms with E-state index in [2.05, 4.69) is 15.0 Å². The molecule has 150 valence electrons. The third-order valence-corrected chi connectivity index (χ3v) is 7.70. The number of aromatic nitrogens is 4. The summed E-state index contributed by atoms with van der Waals surface area (Å²) in [5, 5.41) is 20.6. The Balaban J connectivity index is 1.75. The maximum atomic E-state index is 11.4. The summed E-state index contributed by atoms with van der Waals surface area (Å²) < 4.78 is 28.7. The van der Waals surface area contributed by atoms with Crippen molar-refractivity contribution < 1.29 is 33.2 Å². The molecule has 5 N–H and O–H groups in total. The quantitative estimate of drug-likeness (QED) is 0.438. The van der Waals surface area contributed by atoms with Gasteiger partial charge in [0, 0.05) is 13.3 Å². The van der Waals surface area contributed by atoms with Crippen molar-refractivity contribution in [2.75, 3.05) is 25.7 Å². The third kappa shape index (κ3) is 4.53. The SMILES string of the molecule is CP(=O)(O)OP(C)(=S)OC[C@H]1O[C@@H](n2cnc3c(N)ncnc32)[C@@H](O)C1O. The fourth-order valence-electron chi connectivity index (χ4n) is 2.66. The van der Waals surface area contributed by atoms with Crippen LogP contribution in [0, 0.1) is 0 Å². The van der Waals surface area contributed by atoms with Crippen molar-refractivity contribution in [3.8, 4) is 0 Å². The van der Waals surface area contributed by atoms with E-state index in [0.717, 1.165) is 6.66 Å². The van der Waals surface area contributed by atoms with Crippen LogP contribution in [0.3, 0.4) is 0 Å². The second-order valence-electron chi connectivity index (χ2n) is 6.08. The van der Waals surface area contributed by atoms with Gasteiger partial charge < -0.3 is 30.1 Å². The number of imidazole rings is 1. The molecule has 1 saturated heterocycles. The molecule has 0 bridgehead atoms. The van der Waals surface area contributed by atoms with Crippen molar-refractivity contribution in [2.24, 2.45) is 0 Å². The summed E-state index contributed by atoms with van der Waals surface area (Å²) in [5.41, 5.74) is 6.40. The summed E-state index contributed by atoms with van der Waals surface area (Å²) in [6.45, 7) is -0.910. The summed E-state index contributed by atoms with van der Waals surface area (Å²) in [4.78, 5) is 21.3. The normalized spacial score (nSPS) is 30.3. The number of fused-ring (bicyclic) bond motifs is 1. The molecule has 6 atom stereocenters. The predicted molar refractivity (Wildman–Crippen MR) is 98.7 cm³/mol. The molecule has 15 heteroatoms. The Morgan fingerprint density at radius 3 is 2.70 bits per heavy atom. The largest absolute Gasteiger partial charge is 0.387 e. The average Bonchev–Trinajstić information content (AvgIpc) is 3.07. The zero-order chi connectivity index (χ0) is 20.0. The van der Waals surface area contributed by atoms with Crippen LogP contribution in [-0.4, -0.2) is 72.9 Å². The summed E-state index contributed by atoms with van der Waals surface area (Å²) in [5.74, 6) is 0.170.